The van der Waals surface area contributed by atoms with E-state index in [-0.39, 0.29) is 11.7 Å². The average molecular weight is 441 g/mol. The van der Waals surface area contributed by atoms with Crippen molar-refractivity contribution in [3.63, 3.8) is 0 Å². The highest BCUT2D eigenvalue weighted by molar-refractivity contribution is 6.00. The van der Waals surface area contributed by atoms with Crippen LogP contribution in [0.25, 0.3) is 11.1 Å². The number of benzene rings is 3. The lowest BCUT2D eigenvalue weighted by atomic mass is 10.0. The molecule has 0 spiro atoms. The topological polar surface area (TPSA) is 34.0 Å². The van der Waals surface area contributed by atoms with Crippen molar-refractivity contribution in [3.8, 4) is 11.1 Å². The zero-order valence-electron chi connectivity index (χ0n) is 19.4. The van der Waals surface area contributed by atoms with Crippen LogP contribution in [0.3, 0.4) is 0 Å². The number of hydrogen-bond acceptors (Lipinski definition) is 1. The minimum Gasteiger partial charge on any atom is -0.350 e. The standard InChI is InChI=1S/C29H29FN2O/c1-20-4-8-23(9-5-20)16-17-31-29(33)28-27(25-12-6-21(2)7-13-25)22(3)18-32(28)19-24-10-14-26(30)15-11-24/h4-15,18H,16-17,19H2,1-3H3,(H,31,33). The summed E-state index contributed by atoms with van der Waals surface area (Å²) in [6.45, 7) is 7.19. The number of carbonyl (C=O) groups is 1. The van der Waals surface area contributed by atoms with Gasteiger partial charge in [0.2, 0.25) is 0 Å². The number of nitrogens with one attached hydrogen (secondary N) is 1. The Morgan fingerprint density at radius 2 is 1.39 bits per heavy atom. The zero-order valence-corrected chi connectivity index (χ0v) is 19.4. The minimum absolute atomic E-state index is 0.104. The molecule has 0 unspecified atom stereocenters. The first-order chi connectivity index (χ1) is 15.9. The van der Waals surface area contributed by atoms with Crippen LogP contribution in [0.5, 0.6) is 0 Å². The van der Waals surface area contributed by atoms with Crippen molar-refractivity contribution in [2.75, 3.05) is 6.54 Å². The van der Waals surface area contributed by atoms with Crippen LogP contribution in [-0.2, 0) is 13.0 Å². The van der Waals surface area contributed by atoms with Gasteiger partial charge in [0, 0.05) is 24.8 Å². The first-order valence-corrected chi connectivity index (χ1v) is 11.3. The van der Waals surface area contributed by atoms with Gasteiger partial charge in [-0.2, -0.15) is 0 Å². The maximum atomic E-state index is 13.4. The van der Waals surface area contributed by atoms with E-state index in [4.69, 9.17) is 0 Å². The Morgan fingerprint density at radius 1 is 0.818 bits per heavy atom. The Balaban J connectivity index is 1.63. The number of amides is 1. The van der Waals surface area contributed by atoms with E-state index in [9.17, 15) is 9.18 Å². The van der Waals surface area contributed by atoms with Gasteiger partial charge in [-0.15, -0.1) is 0 Å². The van der Waals surface area contributed by atoms with Crippen molar-refractivity contribution in [1.29, 1.82) is 0 Å². The van der Waals surface area contributed by atoms with Crippen LogP contribution in [0.4, 0.5) is 4.39 Å². The maximum absolute atomic E-state index is 13.4. The monoisotopic (exact) mass is 440 g/mol. The second-order valence-electron chi connectivity index (χ2n) is 8.65. The summed E-state index contributed by atoms with van der Waals surface area (Å²) < 4.78 is 15.4. The lowest BCUT2D eigenvalue weighted by Crippen LogP contribution is -2.28. The highest BCUT2D eigenvalue weighted by atomic mass is 19.1. The molecule has 0 aliphatic carbocycles. The summed E-state index contributed by atoms with van der Waals surface area (Å²) in [6, 6.07) is 23.0. The van der Waals surface area contributed by atoms with Crippen LogP contribution in [0.15, 0.2) is 79.0 Å². The summed E-state index contributed by atoms with van der Waals surface area (Å²) in [5, 5.41) is 3.11. The molecule has 0 aliphatic rings. The maximum Gasteiger partial charge on any atom is 0.268 e. The van der Waals surface area contributed by atoms with Crippen molar-refractivity contribution in [2.24, 2.45) is 0 Å². The first kappa shape index (κ1) is 22.5. The zero-order chi connectivity index (χ0) is 23.4. The molecule has 0 saturated heterocycles. The molecule has 0 bridgehead atoms. The molecule has 4 aromatic rings. The normalized spacial score (nSPS) is 10.9. The van der Waals surface area contributed by atoms with Gasteiger partial charge in [0.1, 0.15) is 11.5 Å². The van der Waals surface area contributed by atoms with E-state index in [0.717, 1.165) is 28.7 Å². The van der Waals surface area contributed by atoms with E-state index in [1.54, 1.807) is 12.1 Å². The third kappa shape index (κ3) is 5.40. The van der Waals surface area contributed by atoms with E-state index in [1.165, 1.54) is 28.8 Å². The van der Waals surface area contributed by atoms with Gasteiger partial charge < -0.3 is 9.88 Å². The number of carbonyl (C=O) groups excluding carboxylic acids is 1. The van der Waals surface area contributed by atoms with Gasteiger partial charge >= 0.3 is 0 Å². The fraction of sp³-hybridized carbons (Fsp3) is 0.207. The predicted molar refractivity (Wildman–Crippen MR) is 132 cm³/mol. The van der Waals surface area contributed by atoms with Crippen LogP contribution in [-0.4, -0.2) is 17.0 Å². The van der Waals surface area contributed by atoms with Gasteiger partial charge in [-0.25, -0.2) is 4.39 Å². The molecule has 1 heterocycles. The molecule has 33 heavy (non-hydrogen) atoms. The molecule has 0 fully saturated rings. The SMILES string of the molecule is Cc1ccc(CCNC(=O)c2c(-c3ccc(C)cc3)c(C)cn2Cc2ccc(F)cc2)cc1. The molecule has 0 saturated carbocycles. The van der Waals surface area contributed by atoms with E-state index in [0.29, 0.717) is 18.8 Å². The fourth-order valence-corrected chi connectivity index (χ4v) is 4.09. The Labute approximate surface area is 194 Å². The van der Waals surface area contributed by atoms with Gasteiger partial charge in [-0.3, -0.25) is 4.79 Å². The highest BCUT2D eigenvalue weighted by Gasteiger charge is 2.21. The largest absolute Gasteiger partial charge is 0.350 e. The second kappa shape index (κ2) is 9.86. The van der Waals surface area contributed by atoms with Crippen molar-refractivity contribution >= 4 is 5.91 Å². The van der Waals surface area contributed by atoms with Crippen LogP contribution in [0.1, 0.15) is 38.3 Å². The van der Waals surface area contributed by atoms with Crippen molar-refractivity contribution in [3.05, 3.63) is 118 Å². The molecular weight excluding hydrogens is 411 g/mol. The molecule has 0 atom stereocenters. The summed E-state index contributed by atoms with van der Waals surface area (Å²) in [4.78, 5) is 13.4. The van der Waals surface area contributed by atoms with E-state index in [2.05, 4.69) is 67.7 Å². The molecule has 4 rings (SSSR count). The minimum atomic E-state index is -0.267. The van der Waals surface area contributed by atoms with Gasteiger partial charge in [-0.1, -0.05) is 71.8 Å². The highest BCUT2D eigenvalue weighted by Crippen LogP contribution is 2.30. The Hall–Kier alpha value is -3.66. The fourth-order valence-electron chi connectivity index (χ4n) is 4.09. The van der Waals surface area contributed by atoms with Gasteiger partial charge in [-0.05, 0) is 61.6 Å². The summed E-state index contributed by atoms with van der Waals surface area (Å²) in [5.74, 6) is -0.371. The van der Waals surface area contributed by atoms with E-state index >= 15 is 0 Å². The van der Waals surface area contributed by atoms with Crippen molar-refractivity contribution in [2.45, 2.75) is 33.7 Å². The molecular formula is C29H29FN2O. The van der Waals surface area contributed by atoms with Crippen molar-refractivity contribution in [1.82, 2.24) is 9.88 Å². The van der Waals surface area contributed by atoms with Crippen LogP contribution in [0.2, 0.25) is 0 Å². The number of halogens is 1. The number of nitrogens with zero attached hydrogens (tertiary/aromatic N) is 1. The quantitative estimate of drug-likeness (QED) is 0.363. The number of aromatic nitrogens is 1. The third-order valence-electron chi connectivity index (χ3n) is 5.91. The Kier molecular flexibility index (Phi) is 6.74. The van der Waals surface area contributed by atoms with E-state index < -0.39 is 0 Å². The smallest absolute Gasteiger partial charge is 0.268 e. The second-order valence-corrected chi connectivity index (χ2v) is 8.65. The predicted octanol–water partition coefficient (Wildman–Crippen LogP) is 6.24. The molecule has 1 aromatic heterocycles. The Bertz CT molecular complexity index is 1240. The number of aryl methyl sites for hydroxylation is 3. The number of hydrogen-bond donors (Lipinski definition) is 1. The average Bonchev–Trinajstić information content (AvgIpc) is 3.12. The summed E-state index contributed by atoms with van der Waals surface area (Å²) in [5.41, 5.74) is 8.14. The van der Waals surface area contributed by atoms with Crippen LogP contribution in [0, 0.1) is 26.6 Å². The molecule has 1 N–H and O–H groups in total. The summed E-state index contributed by atoms with van der Waals surface area (Å²) in [6.07, 6.45) is 2.77. The molecule has 3 nitrogen and oxygen atoms in total. The van der Waals surface area contributed by atoms with Gasteiger partial charge in [0.25, 0.3) is 5.91 Å². The van der Waals surface area contributed by atoms with Crippen LogP contribution >= 0.6 is 0 Å². The van der Waals surface area contributed by atoms with Gasteiger partial charge in [0.15, 0.2) is 0 Å². The summed E-state index contributed by atoms with van der Waals surface area (Å²) in [7, 11) is 0. The van der Waals surface area contributed by atoms with E-state index in [1.807, 2.05) is 17.7 Å². The molecule has 3 aromatic carbocycles. The molecule has 168 valence electrons. The lowest BCUT2D eigenvalue weighted by Gasteiger charge is -2.13. The molecule has 4 heteroatoms. The molecule has 0 radical (unpaired) electrons. The summed E-state index contributed by atoms with van der Waals surface area (Å²) >= 11 is 0. The first-order valence-electron chi connectivity index (χ1n) is 11.3. The van der Waals surface area contributed by atoms with Gasteiger partial charge in [0.05, 0.1) is 0 Å². The Morgan fingerprint density at radius 3 is 2.03 bits per heavy atom. The van der Waals surface area contributed by atoms with Crippen molar-refractivity contribution < 1.29 is 9.18 Å². The van der Waals surface area contributed by atoms with Crippen LogP contribution < -0.4 is 5.32 Å². The third-order valence-corrected chi connectivity index (χ3v) is 5.91. The molecule has 0 aliphatic heterocycles. The molecule has 1 amide bonds. The lowest BCUT2D eigenvalue weighted by molar-refractivity contribution is 0.0946. The number of rotatable bonds is 7.